The number of aliphatic hydroxyl groups excluding tert-OH is 1. The number of aromatic nitrogens is 2. The molecule has 0 aliphatic carbocycles. The number of hydrogen-bond acceptors (Lipinski definition) is 4. The number of carbonyl (C=O) groups is 1. The summed E-state index contributed by atoms with van der Waals surface area (Å²) in [5.74, 6) is 1.02. The van der Waals surface area contributed by atoms with Crippen LogP contribution in [0.15, 0.2) is 12.4 Å². The van der Waals surface area contributed by atoms with Crippen molar-refractivity contribution >= 4 is 5.91 Å². The van der Waals surface area contributed by atoms with E-state index in [9.17, 15) is 9.90 Å². The fourth-order valence-corrected chi connectivity index (χ4v) is 2.80. The van der Waals surface area contributed by atoms with Crippen LogP contribution in [-0.4, -0.2) is 51.8 Å². The van der Waals surface area contributed by atoms with Crippen LogP contribution in [0.25, 0.3) is 0 Å². The van der Waals surface area contributed by atoms with Crippen molar-refractivity contribution in [3.63, 3.8) is 0 Å². The molecule has 1 fully saturated rings. The summed E-state index contributed by atoms with van der Waals surface area (Å²) in [7, 11) is 1.89. The quantitative estimate of drug-likeness (QED) is 0.799. The van der Waals surface area contributed by atoms with Crippen LogP contribution in [0.1, 0.15) is 38.1 Å². The largest absolute Gasteiger partial charge is 0.385 e. The van der Waals surface area contributed by atoms with E-state index in [1.807, 2.05) is 29.6 Å². The third-order valence-corrected chi connectivity index (χ3v) is 4.13. The van der Waals surface area contributed by atoms with Crippen LogP contribution in [0, 0.1) is 5.92 Å². The van der Waals surface area contributed by atoms with Crippen LogP contribution in [0.2, 0.25) is 0 Å². The van der Waals surface area contributed by atoms with E-state index in [2.05, 4.69) is 4.98 Å². The maximum atomic E-state index is 12.0. The van der Waals surface area contributed by atoms with Gasteiger partial charge in [-0.05, 0) is 25.7 Å². The molecule has 21 heavy (non-hydrogen) atoms. The number of rotatable bonds is 6. The number of likely N-dealkylation sites (tertiary alicyclic amines) is 1. The lowest BCUT2D eigenvalue weighted by molar-refractivity contribution is -0.134. The molecule has 0 spiro atoms. The number of piperidine rings is 1. The Labute approximate surface area is 125 Å². The Balaban J connectivity index is 1.80. The Hall–Kier alpha value is -1.40. The van der Waals surface area contributed by atoms with Crippen molar-refractivity contribution in [1.29, 1.82) is 0 Å². The van der Waals surface area contributed by atoms with Crippen LogP contribution in [0.3, 0.4) is 0 Å². The summed E-state index contributed by atoms with van der Waals surface area (Å²) in [6, 6.07) is 0. The zero-order valence-corrected chi connectivity index (χ0v) is 12.9. The van der Waals surface area contributed by atoms with Gasteiger partial charge in [0.05, 0.1) is 13.0 Å². The number of aryl methyl sites for hydroxylation is 1. The van der Waals surface area contributed by atoms with Crippen molar-refractivity contribution in [3.05, 3.63) is 18.2 Å². The normalized spacial score (nSPS) is 18.0. The third-order valence-electron chi connectivity index (χ3n) is 4.13. The molecule has 1 saturated heterocycles. The van der Waals surface area contributed by atoms with Crippen molar-refractivity contribution in [2.75, 3.05) is 26.3 Å². The summed E-state index contributed by atoms with van der Waals surface area (Å²) < 4.78 is 7.07. The second kappa shape index (κ2) is 7.56. The molecule has 6 heteroatoms. The van der Waals surface area contributed by atoms with Gasteiger partial charge < -0.3 is 19.3 Å². The van der Waals surface area contributed by atoms with Crippen LogP contribution in [0.5, 0.6) is 0 Å². The zero-order valence-electron chi connectivity index (χ0n) is 12.9. The topological polar surface area (TPSA) is 67.6 Å². The highest BCUT2D eigenvalue weighted by Crippen LogP contribution is 2.29. The molecule has 1 aliphatic rings. The van der Waals surface area contributed by atoms with E-state index in [1.54, 1.807) is 6.20 Å². The Morgan fingerprint density at radius 2 is 2.24 bits per heavy atom. The van der Waals surface area contributed by atoms with Gasteiger partial charge in [-0.1, -0.05) is 0 Å². The minimum absolute atomic E-state index is 0.147. The fraction of sp³-hybridized carbons (Fsp3) is 0.733. The average Bonchev–Trinajstić information content (AvgIpc) is 2.93. The van der Waals surface area contributed by atoms with Gasteiger partial charge in [-0.25, -0.2) is 4.98 Å². The smallest absolute Gasteiger partial charge is 0.224 e. The molecule has 0 radical (unpaired) electrons. The highest BCUT2D eigenvalue weighted by atomic mass is 16.5. The van der Waals surface area contributed by atoms with Gasteiger partial charge in [-0.2, -0.15) is 0 Å². The maximum absolute atomic E-state index is 12.0. The molecule has 0 saturated carbocycles. The molecule has 1 aromatic heterocycles. The van der Waals surface area contributed by atoms with Gasteiger partial charge in [-0.15, -0.1) is 0 Å². The number of hydrogen-bond donors (Lipinski definition) is 1. The highest BCUT2D eigenvalue weighted by molar-refractivity contribution is 5.76. The highest BCUT2D eigenvalue weighted by Gasteiger charge is 2.29. The summed E-state index contributed by atoms with van der Waals surface area (Å²) in [4.78, 5) is 18.1. The number of carbonyl (C=O) groups excluding carboxylic acids is 1. The first-order valence-electron chi connectivity index (χ1n) is 7.64. The summed E-state index contributed by atoms with van der Waals surface area (Å²) in [5, 5.41) is 10.4. The van der Waals surface area contributed by atoms with Crippen molar-refractivity contribution in [1.82, 2.24) is 14.5 Å². The van der Waals surface area contributed by atoms with Crippen LogP contribution in [0.4, 0.5) is 0 Å². The number of amides is 1. The lowest BCUT2D eigenvalue weighted by atomic mass is 9.90. The lowest BCUT2D eigenvalue weighted by Gasteiger charge is -2.34. The van der Waals surface area contributed by atoms with E-state index < -0.39 is 6.10 Å². The second-order valence-electron chi connectivity index (χ2n) is 5.51. The van der Waals surface area contributed by atoms with Gasteiger partial charge in [0.1, 0.15) is 11.9 Å². The molecule has 0 aromatic carbocycles. The number of aliphatic hydroxyl groups is 1. The minimum Gasteiger partial charge on any atom is -0.385 e. The van der Waals surface area contributed by atoms with Crippen LogP contribution < -0.4 is 0 Å². The molecule has 1 aromatic rings. The van der Waals surface area contributed by atoms with Gasteiger partial charge in [-0.3, -0.25) is 4.79 Å². The molecule has 2 rings (SSSR count). The molecule has 0 bridgehead atoms. The predicted molar refractivity (Wildman–Crippen MR) is 78.6 cm³/mol. The SMILES string of the molecule is CCOCCC(=O)N1CCC(C(O)c2nccn2C)CC1. The molecule has 1 aliphatic heterocycles. The van der Waals surface area contributed by atoms with Crippen molar-refractivity contribution in [2.45, 2.75) is 32.3 Å². The Bertz CT molecular complexity index is 453. The molecule has 6 nitrogen and oxygen atoms in total. The number of nitrogens with zero attached hydrogens (tertiary/aromatic N) is 3. The predicted octanol–water partition coefficient (Wildman–Crippen LogP) is 1.12. The number of ether oxygens (including phenoxy) is 1. The fourth-order valence-electron chi connectivity index (χ4n) is 2.80. The third kappa shape index (κ3) is 4.04. The summed E-state index contributed by atoms with van der Waals surface area (Å²) >= 11 is 0. The molecule has 1 N–H and O–H groups in total. The van der Waals surface area contributed by atoms with Gasteiger partial charge in [0, 0.05) is 39.1 Å². The van der Waals surface area contributed by atoms with Crippen LogP contribution >= 0.6 is 0 Å². The van der Waals surface area contributed by atoms with E-state index in [4.69, 9.17) is 4.74 Å². The number of imidazole rings is 1. The lowest BCUT2D eigenvalue weighted by Crippen LogP contribution is -2.40. The molecule has 1 unspecified atom stereocenters. The van der Waals surface area contributed by atoms with Gasteiger partial charge in [0.2, 0.25) is 5.91 Å². The van der Waals surface area contributed by atoms with E-state index in [1.165, 1.54) is 0 Å². The van der Waals surface area contributed by atoms with Crippen LogP contribution in [-0.2, 0) is 16.6 Å². The second-order valence-corrected chi connectivity index (χ2v) is 5.51. The van der Waals surface area contributed by atoms with E-state index >= 15 is 0 Å². The summed E-state index contributed by atoms with van der Waals surface area (Å²) in [6.07, 6.45) is 5.06. The monoisotopic (exact) mass is 295 g/mol. The van der Waals surface area contributed by atoms with Gasteiger partial charge in [0.15, 0.2) is 0 Å². The molecule has 118 valence electrons. The van der Waals surface area contributed by atoms with Crippen molar-refractivity contribution in [2.24, 2.45) is 13.0 Å². The minimum atomic E-state index is -0.550. The zero-order chi connectivity index (χ0) is 15.2. The first kappa shape index (κ1) is 16.0. The van der Waals surface area contributed by atoms with Gasteiger partial charge in [0.25, 0.3) is 0 Å². The van der Waals surface area contributed by atoms with E-state index in [0.29, 0.717) is 38.5 Å². The summed E-state index contributed by atoms with van der Waals surface area (Å²) in [6.45, 7) is 4.47. The van der Waals surface area contributed by atoms with Crippen molar-refractivity contribution < 1.29 is 14.6 Å². The summed E-state index contributed by atoms with van der Waals surface area (Å²) in [5.41, 5.74) is 0. The Morgan fingerprint density at radius 3 is 2.81 bits per heavy atom. The molecular weight excluding hydrogens is 270 g/mol. The molecule has 1 atom stereocenters. The average molecular weight is 295 g/mol. The molecule has 2 heterocycles. The first-order valence-corrected chi connectivity index (χ1v) is 7.64. The maximum Gasteiger partial charge on any atom is 0.224 e. The Kier molecular flexibility index (Phi) is 5.76. The standard InChI is InChI=1S/C15H25N3O3/c1-3-21-11-6-13(19)18-8-4-12(5-9-18)14(20)15-16-7-10-17(15)2/h7,10,12,14,20H,3-6,8-9,11H2,1-2H3. The first-order chi connectivity index (χ1) is 10.1. The van der Waals surface area contributed by atoms with Crippen molar-refractivity contribution in [3.8, 4) is 0 Å². The van der Waals surface area contributed by atoms with Gasteiger partial charge >= 0.3 is 0 Å². The molecule has 1 amide bonds. The molecular formula is C15H25N3O3. The van der Waals surface area contributed by atoms with E-state index in [0.717, 1.165) is 12.8 Å². The Morgan fingerprint density at radius 1 is 1.52 bits per heavy atom. The van der Waals surface area contributed by atoms with E-state index in [-0.39, 0.29) is 11.8 Å².